The van der Waals surface area contributed by atoms with Crippen molar-refractivity contribution in [2.45, 2.75) is 4.90 Å². The number of nitrogens with zero attached hydrogens (tertiary/aromatic N) is 1. The standard InChI is InChI=1S/C23H16N2O4S.ClH/c26-20-13-18(30(27,28)29)12-17-10-11-19-22(21(17)20)25-23(24-19)16-8-6-15(7-9-16)14-4-2-1-3-5-14;/h1-13,26H,(H,24,25)(H,27,28,29);1H. The van der Waals surface area contributed by atoms with Gasteiger partial charge in [-0.1, -0.05) is 60.7 Å². The Bertz CT molecular complexity index is 1510. The van der Waals surface area contributed by atoms with E-state index in [0.717, 1.165) is 22.8 Å². The topological polar surface area (TPSA) is 103 Å². The van der Waals surface area contributed by atoms with E-state index < -0.39 is 10.1 Å². The lowest BCUT2D eigenvalue weighted by Gasteiger charge is -2.05. The van der Waals surface area contributed by atoms with Gasteiger partial charge in [-0.05, 0) is 28.6 Å². The van der Waals surface area contributed by atoms with E-state index >= 15 is 0 Å². The second-order valence-corrected chi connectivity index (χ2v) is 8.43. The molecule has 1 heterocycles. The molecule has 0 aliphatic rings. The molecule has 156 valence electrons. The van der Waals surface area contributed by atoms with Crippen LogP contribution in [0.15, 0.2) is 83.8 Å². The van der Waals surface area contributed by atoms with Gasteiger partial charge in [0.05, 0.1) is 15.8 Å². The third-order valence-electron chi connectivity index (χ3n) is 5.08. The quantitative estimate of drug-likeness (QED) is 0.317. The molecule has 0 bridgehead atoms. The van der Waals surface area contributed by atoms with Gasteiger partial charge in [-0.25, -0.2) is 4.98 Å². The molecular formula is C23H17ClN2O4S. The highest BCUT2D eigenvalue weighted by atomic mass is 35.5. The van der Waals surface area contributed by atoms with Crippen LogP contribution < -0.4 is 0 Å². The zero-order valence-corrected chi connectivity index (χ0v) is 17.6. The summed E-state index contributed by atoms with van der Waals surface area (Å²) >= 11 is 0. The second kappa shape index (κ2) is 7.70. The Morgan fingerprint density at radius 2 is 1.45 bits per heavy atom. The molecule has 0 radical (unpaired) electrons. The molecule has 0 spiro atoms. The number of H-pyrrole nitrogens is 1. The van der Waals surface area contributed by atoms with Crippen molar-refractivity contribution in [3.05, 3.63) is 78.9 Å². The molecule has 0 fully saturated rings. The van der Waals surface area contributed by atoms with Crippen molar-refractivity contribution in [3.8, 4) is 28.3 Å². The van der Waals surface area contributed by atoms with Crippen molar-refractivity contribution in [2.24, 2.45) is 0 Å². The fourth-order valence-corrected chi connectivity index (χ4v) is 4.16. The summed E-state index contributed by atoms with van der Waals surface area (Å²) in [5, 5.41) is 11.3. The molecular weight excluding hydrogens is 436 g/mol. The Balaban J connectivity index is 0.00000231. The SMILES string of the molecule is Cl.O=S(=O)(O)c1cc(O)c2c(ccc3[nH]c(-c4ccc(-c5ccccc5)cc4)nc32)c1. The molecule has 31 heavy (non-hydrogen) atoms. The van der Waals surface area contributed by atoms with E-state index in [2.05, 4.69) is 9.97 Å². The van der Waals surface area contributed by atoms with Gasteiger partial charge in [-0.2, -0.15) is 8.42 Å². The van der Waals surface area contributed by atoms with Crippen LogP contribution in [0.5, 0.6) is 5.75 Å². The lowest BCUT2D eigenvalue weighted by molar-refractivity contribution is 0.471. The summed E-state index contributed by atoms with van der Waals surface area (Å²) in [6.45, 7) is 0. The van der Waals surface area contributed by atoms with Crippen LogP contribution in [-0.4, -0.2) is 28.0 Å². The van der Waals surface area contributed by atoms with Crippen molar-refractivity contribution < 1.29 is 18.1 Å². The van der Waals surface area contributed by atoms with Gasteiger partial charge in [0.2, 0.25) is 0 Å². The molecule has 0 amide bonds. The van der Waals surface area contributed by atoms with Gasteiger partial charge in [0.1, 0.15) is 17.1 Å². The van der Waals surface area contributed by atoms with E-state index in [1.165, 1.54) is 6.07 Å². The molecule has 5 aromatic rings. The van der Waals surface area contributed by atoms with Gasteiger partial charge in [0, 0.05) is 11.6 Å². The fraction of sp³-hybridized carbons (Fsp3) is 0. The molecule has 6 nitrogen and oxygen atoms in total. The molecule has 0 saturated carbocycles. The molecule has 0 aliphatic carbocycles. The number of imidazole rings is 1. The largest absolute Gasteiger partial charge is 0.507 e. The van der Waals surface area contributed by atoms with Crippen LogP contribution in [0.1, 0.15) is 0 Å². The molecule has 8 heteroatoms. The highest BCUT2D eigenvalue weighted by Gasteiger charge is 2.17. The zero-order valence-electron chi connectivity index (χ0n) is 16.0. The first-order valence-electron chi connectivity index (χ1n) is 9.19. The Morgan fingerprint density at radius 1 is 0.806 bits per heavy atom. The highest BCUT2D eigenvalue weighted by molar-refractivity contribution is 7.85. The maximum atomic E-state index is 11.4. The lowest BCUT2D eigenvalue weighted by Crippen LogP contribution is -1.97. The minimum absolute atomic E-state index is 0. The van der Waals surface area contributed by atoms with Crippen LogP contribution in [0.2, 0.25) is 0 Å². The number of phenolic OH excluding ortho intramolecular Hbond substituents is 1. The van der Waals surface area contributed by atoms with Crippen molar-refractivity contribution >= 4 is 44.3 Å². The van der Waals surface area contributed by atoms with Crippen molar-refractivity contribution in [1.82, 2.24) is 9.97 Å². The predicted molar refractivity (Wildman–Crippen MR) is 123 cm³/mol. The van der Waals surface area contributed by atoms with Crippen molar-refractivity contribution in [1.29, 1.82) is 0 Å². The van der Waals surface area contributed by atoms with Crippen LogP contribution in [0.25, 0.3) is 44.3 Å². The van der Waals surface area contributed by atoms with Crippen LogP contribution in [0.4, 0.5) is 0 Å². The van der Waals surface area contributed by atoms with Gasteiger partial charge >= 0.3 is 0 Å². The van der Waals surface area contributed by atoms with E-state index in [0.29, 0.717) is 27.6 Å². The van der Waals surface area contributed by atoms with Gasteiger partial charge in [0.25, 0.3) is 10.1 Å². The summed E-state index contributed by atoms with van der Waals surface area (Å²) in [6, 6.07) is 23.8. The van der Waals surface area contributed by atoms with Crippen molar-refractivity contribution in [2.75, 3.05) is 0 Å². The third kappa shape index (κ3) is 3.74. The highest BCUT2D eigenvalue weighted by Crippen LogP contribution is 2.35. The summed E-state index contributed by atoms with van der Waals surface area (Å²) < 4.78 is 32.2. The fourth-order valence-electron chi connectivity index (χ4n) is 3.62. The summed E-state index contributed by atoms with van der Waals surface area (Å²) in [6.07, 6.45) is 0. The van der Waals surface area contributed by atoms with Gasteiger partial charge in [0.15, 0.2) is 0 Å². The van der Waals surface area contributed by atoms with Crippen molar-refractivity contribution in [3.63, 3.8) is 0 Å². The first-order chi connectivity index (χ1) is 14.4. The number of fused-ring (bicyclic) bond motifs is 3. The number of nitrogens with one attached hydrogen (secondary N) is 1. The first kappa shape index (κ1) is 20.9. The van der Waals surface area contributed by atoms with Crippen LogP contribution in [0, 0.1) is 0 Å². The maximum absolute atomic E-state index is 11.4. The Morgan fingerprint density at radius 3 is 2.13 bits per heavy atom. The minimum Gasteiger partial charge on any atom is -0.507 e. The number of rotatable bonds is 3. The number of hydrogen-bond acceptors (Lipinski definition) is 4. The zero-order chi connectivity index (χ0) is 20.9. The van der Waals surface area contributed by atoms with Gasteiger partial charge in [-0.3, -0.25) is 4.55 Å². The molecule has 0 unspecified atom stereocenters. The summed E-state index contributed by atoms with van der Waals surface area (Å²) in [5.74, 6) is 0.374. The van der Waals surface area contributed by atoms with E-state index in [1.807, 2.05) is 54.6 Å². The number of benzene rings is 4. The Kier molecular flexibility index (Phi) is 5.18. The molecule has 5 rings (SSSR count). The predicted octanol–water partition coefficient (Wildman–Crippen LogP) is 5.42. The maximum Gasteiger partial charge on any atom is 0.294 e. The number of phenols is 1. The molecule has 0 aliphatic heterocycles. The number of hydrogen-bond donors (Lipinski definition) is 3. The van der Waals surface area contributed by atoms with Crippen LogP contribution in [-0.2, 0) is 10.1 Å². The average Bonchev–Trinajstić information content (AvgIpc) is 3.18. The summed E-state index contributed by atoms with van der Waals surface area (Å²) in [7, 11) is -4.42. The molecule has 3 N–H and O–H groups in total. The second-order valence-electron chi connectivity index (χ2n) is 7.01. The third-order valence-corrected chi connectivity index (χ3v) is 5.91. The Hall–Kier alpha value is -3.39. The monoisotopic (exact) mass is 452 g/mol. The smallest absolute Gasteiger partial charge is 0.294 e. The normalized spacial score (nSPS) is 11.5. The van der Waals surface area contributed by atoms with E-state index in [4.69, 9.17) is 0 Å². The van der Waals surface area contributed by atoms with Crippen LogP contribution >= 0.6 is 12.4 Å². The summed E-state index contributed by atoms with van der Waals surface area (Å²) in [5.41, 5.74) is 4.33. The number of aromatic amines is 1. The molecule has 4 aromatic carbocycles. The molecule has 0 saturated heterocycles. The van der Waals surface area contributed by atoms with Gasteiger partial charge < -0.3 is 10.1 Å². The van der Waals surface area contributed by atoms with E-state index in [-0.39, 0.29) is 23.1 Å². The Labute approximate surface area is 184 Å². The van der Waals surface area contributed by atoms with E-state index in [9.17, 15) is 18.1 Å². The first-order valence-corrected chi connectivity index (χ1v) is 10.6. The average molecular weight is 453 g/mol. The number of aromatic hydroxyl groups is 1. The van der Waals surface area contributed by atoms with Crippen LogP contribution in [0.3, 0.4) is 0 Å². The number of aromatic nitrogens is 2. The molecule has 0 atom stereocenters. The molecule has 1 aromatic heterocycles. The van der Waals surface area contributed by atoms with Gasteiger partial charge in [-0.15, -0.1) is 12.4 Å². The minimum atomic E-state index is -4.42. The van der Waals surface area contributed by atoms with E-state index in [1.54, 1.807) is 12.1 Å². The lowest BCUT2D eigenvalue weighted by atomic mass is 10.0. The summed E-state index contributed by atoms with van der Waals surface area (Å²) in [4.78, 5) is 7.52. The number of halogens is 1.